The smallest absolute Gasteiger partial charge is 0.0583 e. The van der Waals surface area contributed by atoms with E-state index in [1.54, 1.807) is 5.57 Å². The molecular formula is C28H34O. The van der Waals surface area contributed by atoms with Crippen LogP contribution in [0.15, 0.2) is 72.8 Å². The van der Waals surface area contributed by atoms with Crippen LogP contribution in [-0.2, 0) is 0 Å². The Morgan fingerprint density at radius 2 is 1.69 bits per heavy atom. The largest absolute Gasteiger partial charge is 0.393 e. The number of fused-ring (bicyclic) bond motifs is 1. The van der Waals surface area contributed by atoms with Crippen LogP contribution in [0.5, 0.6) is 0 Å². The average Bonchev–Trinajstić information content (AvgIpc) is 3.27. The van der Waals surface area contributed by atoms with Gasteiger partial charge in [-0.15, -0.1) is 0 Å². The van der Waals surface area contributed by atoms with Crippen molar-refractivity contribution in [2.75, 3.05) is 0 Å². The molecule has 1 fully saturated rings. The highest BCUT2D eigenvalue weighted by Crippen LogP contribution is 2.66. The monoisotopic (exact) mass is 386 g/mol. The molecule has 0 aromatic heterocycles. The summed E-state index contributed by atoms with van der Waals surface area (Å²) in [7, 11) is 0. The van der Waals surface area contributed by atoms with Gasteiger partial charge in [-0.25, -0.2) is 0 Å². The standard InChI is InChI=1S/C28H34O/c1-3-4-5-8-17-24-20-25-26(29)18-19-28(25,21(2)22-13-9-6-10-14-22)27(24)23-15-11-7-12-16-23/h6-7,9-16,25-26,29H,2-5,8,17-20H2,1H3/t25-,26+,28-/m1/s1. The first kappa shape index (κ1) is 20.2. The summed E-state index contributed by atoms with van der Waals surface area (Å²) >= 11 is 0. The Kier molecular flexibility index (Phi) is 6.06. The lowest BCUT2D eigenvalue weighted by atomic mass is 9.66. The highest BCUT2D eigenvalue weighted by atomic mass is 16.3. The zero-order chi connectivity index (χ0) is 20.3. The summed E-state index contributed by atoms with van der Waals surface area (Å²) in [5.74, 6) is 0.256. The van der Waals surface area contributed by atoms with Gasteiger partial charge in [0.15, 0.2) is 0 Å². The summed E-state index contributed by atoms with van der Waals surface area (Å²) < 4.78 is 0. The second-order valence-electron chi connectivity index (χ2n) is 8.89. The van der Waals surface area contributed by atoms with Crippen LogP contribution in [0.3, 0.4) is 0 Å². The van der Waals surface area contributed by atoms with Gasteiger partial charge in [0, 0.05) is 11.3 Å². The highest BCUT2D eigenvalue weighted by Gasteiger charge is 2.56. The van der Waals surface area contributed by atoms with Gasteiger partial charge in [0.2, 0.25) is 0 Å². The quantitative estimate of drug-likeness (QED) is 0.472. The number of allylic oxidation sites excluding steroid dienone is 3. The first-order valence-electron chi connectivity index (χ1n) is 11.4. The molecule has 0 unspecified atom stereocenters. The molecule has 2 aromatic carbocycles. The van der Waals surface area contributed by atoms with Gasteiger partial charge in [-0.05, 0) is 54.4 Å². The Labute approximate surface area is 176 Å². The van der Waals surface area contributed by atoms with E-state index in [2.05, 4.69) is 74.2 Å². The van der Waals surface area contributed by atoms with E-state index in [1.165, 1.54) is 48.0 Å². The molecule has 0 aliphatic heterocycles. The molecule has 3 atom stereocenters. The minimum atomic E-state index is -0.234. The number of aliphatic hydroxyl groups is 1. The zero-order valence-electron chi connectivity index (χ0n) is 17.7. The van der Waals surface area contributed by atoms with E-state index in [0.29, 0.717) is 0 Å². The van der Waals surface area contributed by atoms with Crippen molar-refractivity contribution in [3.8, 4) is 0 Å². The van der Waals surface area contributed by atoms with Gasteiger partial charge in [-0.2, -0.15) is 0 Å². The normalized spacial score (nSPS) is 26.0. The minimum absolute atomic E-state index is 0.137. The summed E-state index contributed by atoms with van der Waals surface area (Å²) in [6.07, 6.45) is 8.91. The van der Waals surface area contributed by atoms with Crippen molar-refractivity contribution in [1.82, 2.24) is 0 Å². The Balaban J connectivity index is 1.80. The zero-order valence-corrected chi connectivity index (χ0v) is 17.7. The molecule has 1 N–H and O–H groups in total. The topological polar surface area (TPSA) is 20.2 Å². The van der Waals surface area contributed by atoms with Gasteiger partial charge in [0.25, 0.3) is 0 Å². The predicted molar refractivity (Wildman–Crippen MR) is 123 cm³/mol. The summed E-state index contributed by atoms with van der Waals surface area (Å²) in [6, 6.07) is 21.5. The molecule has 4 rings (SSSR count). The second-order valence-corrected chi connectivity index (χ2v) is 8.89. The van der Waals surface area contributed by atoms with Gasteiger partial charge in [0.1, 0.15) is 0 Å². The maximum absolute atomic E-state index is 11.0. The fraction of sp³-hybridized carbons (Fsp3) is 0.429. The molecule has 0 radical (unpaired) electrons. The van der Waals surface area contributed by atoms with Crippen LogP contribution in [0.2, 0.25) is 0 Å². The Hall–Kier alpha value is -2.12. The van der Waals surface area contributed by atoms with Gasteiger partial charge in [-0.1, -0.05) is 99.0 Å². The van der Waals surface area contributed by atoms with Crippen LogP contribution in [-0.4, -0.2) is 11.2 Å². The number of aliphatic hydroxyl groups excluding tert-OH is 1. The number of hydrogen-bond acceptors (Lipinski definition) is 1. The van der Waals surface area contributed by atoms with Crippen molar-refractivity contribution in [1.29, 1.82) is 0 Å². The molecule has 2 aromatic rings. The summed E-state index contributed by atoms with van der Waals surface area (Å²) in [5.41, 5.74) is 6.64. The van der Waals surface area contributed by atoms with Crippen LogP contribution in [0, 0.1) is 11.3 Å². The number of benzene rings is 2. The Morgan fingerprint density at radius 1 is 1.00 bits per heavy atom. The molecule has 0 heterocycles. The van der Waals surface area contributed by atoms with Crippen LogP contribution >= 0.6 is 0 Å². The van der Waals surface area contributed by atoms with Crippen molar-refractivity contribution in [2.45, 2.75) is 64.4 Å². The fourth-order valence-electron chi connectivity index (χ4n) is 5.88. The van der Waals surface area contributed by atoms with Gasteiger partial charge in [-0.3, -0.25) is 0 Å². The van der Waals surface area contributed by atoms with E-state index < -0.39 is 0 Å². The third-order valence-corrected chi connectivity index (χ3v) is 7.25. The van der Waals surface area contributed by atoms with E-state index in [-0.39, 0.29) is 17.4 Å². The van der Waals surface area contributed by atoms with Gasteiger partial charge >= 0.3 is 0 Å². The first-order chi connectivity index (χ1) is 14.2. The summed E-state index contributed by atoms with van der Waals surface area (Å²) in [5, 5.41) is 11.0. The molecule has 1 nitrogen and oxygen atoms in total. The molecular weight excluding hydrogens is 352 g/mol. The maximum Gasteiger partial charge on any atom is 0.0583 e. The number of rotatable bonds is 8. The predicted octanol–water partition coefficient (Wildman–Crippen LogP) is 7.29. The SMILES string of the molecule is C=C(c1ccccc1)[C@]12CC[C@H](O)[C@H]1CC(CCCCCC)=C2c1ccccc1. The third kappa shape index (κ3) is 3.62. The molecule has 0 saturated heterocycles. The molecule has 0 bridgehead atoms. The highest BCUT2D eigenvalue weighted by molar-refractivity contribution is 5.90. The molecule has 29 heavy (non-hydrogen) atoms. The fourth-order valence-corrected chi connectivity index (χ4v) is 5.88. The van der Waals surface area contributed by atoms with Gasteiger partial charge < -0.3 is 5.11 Å². The lowest BCUT2D eigenvalue weighted by Gasteiger charge is -2.37. The molecule has 2 aliphatic carbocycles. The minimum Gasteiger partial charge on any atom is -0.393 e. The van der Waals surface area contributed by atoms with Crippen molar-refractivity contribution < 1.29 is 5.11 Å². The van der Waals surface area contributed by atoms with Crippen molar-refractivity contribution in [3.63, 3.8) is 0 Å². The molecule has 1 saturated carbocycles. The lowest BCUT2D eigenvalue weighted by molar-refractivity contribution is 0.120. The summed E-state index contributed by atoms with van der Waals surface area (Å²) in [4.78, 5) is 0. The second kappa shape index (κ2) is 8.71. The molecule has 0 spiro atoms. The first-order valence-corrected chi connectivity index (χ1v) is 11.4. The van der Waals surface area contributed by atoms with Crippen molar-refractivity contribution in [2.24, 2.45) is 11.3 Å². The maximum atomic E-state index is 11.0. The van der Waals surface area contributed by atoms with Crippen LogP contribution in [0.25, 0.3) is 11.1 Å². The van der Waals surface area contributed by atoms with E-state index >= 15 is 0 Å². The Morgan fingerprint density at radius 3 is 2.38 bits per heavy atom. The average molecular weight is 387 g/mol. The van der Waals surface area contributed by atoms with Crippen molar-refractivity contribution in [3.05, 3.63) is 83.9 Å². The number of hydrogen-bond donors (Lipinski definition) is 1. The van der Waals surface area contributed by atoms with E-state index in [1.807, 2.05) is 0 Å². The third-order valence-electron chi connectivity index (χ3n) is 7.25. The summed E-state index contributed by atoms with van der Waals surface area (Å²) in [6.45, 7) is 6.92. The molecule has 1 heteroatoms. The number of unbranched alkanes of at least 4 members (excludes halogenated alkanes) is 3. The van der Waals surface area contributed by atoms with Crippen LogP contribution in [0.1, 0.15) is 69.4 Å². The van der Waals surface area contributed by atoms with Crippen LogP contribution < -0.4 is 0 Å². The van der Waals surface area contributed by atoms with Gasteiger partial charge in [0.05, 0.1) is 6.10 Å². The molecule has 0 amide bonds. The molecule has 2 aliphatic rings. The lowest BCUT2D eigenvalue weighted by Crippen LogP contribution is -2.29. The van der Waals surface area contributed by atoms with E-state index in [9.17, 15) is 5.11 Å². The Bertz CT molecular complexity index is 864. The molecule has 152 valence electrons. The van der Waals surface area contributed by atoms with Crippen molar-refractivity contribution >= 4 is 11.1 Å². The van der Waals surface area contributed by atoms with E-state index in [0.717, 1.165) is 25.7 Å². The van der Waals surface area contributed by atoms with Crippen LogP contribution in [0.4, 0.5) is 0 Å². The van der Waals surface area contributed by atoms with E-state index in [4.69, 9.17) is 0 Å².